The first-order valence-electron chi connectivity index (χ1n) is 8.72. The van der Waals surface area contributed by atoms with Gasteiger partial charge in [0.1, 0.15) is 12.3 Å². The van der Waals surface area contributed by atoms with Crippen molar-refractivity contribution in [3.05, 3.63) is 59.7 Å². The summed E-state index contributed by atoms with van der Waals surface area (Å²) in [5.41, 5.74) is 2.17. The van der Waals surface area contributed by atoms with Crippen LogP contribution in [0.4, 0.5) is 5.69 Å². The maximum Gasteiger partial charge on any atom is 0.241 e. The van der Waals surface area contributed by atoms with Gasteiger partial charge in [-0.15, -0.1) is 0 Å². The van der Waals surface area contributed by atoms with Crippen LogP contribution < -0.4 is 14.4 Å². The molecule has 0 bridgehead atoms. The van der Waals surface area contributed by atoms with Gasteiger partial charge in [0.05, 0.1) is 18.0 Å². The zero-order valence-corrected chi connectivity index (χ0v) is 16.9. The fourth-order valence-electron chi connectivity index (χ4n) is 2.61. The fraction of sp³-hybridized carbons (Fsp3) is 0.350. The highest BCUT2D eigenvalue weighted by Crippen LogP contribution is 2.21. The van der Waals surface area contributed by atoms with E-state index in [1.54, 1.807) is 12.1 Å². The van der Waals surface area contributed by atoms with E-state index in [4.69, 9.17) is 4.74 Å². The van der Waals surface area contributed by atoms with Gasteiger partial charge in [0, 0.05) is 6.54 Å². The Kier molecular flexibility index (Phi) is 6.85. The molecule has 27 heavy (non-hydrogen) atoms. The molecule has 146 valence electrons. The molecule has 0 aliphatic carbocycles. The van der Waals surface area contributed by atoms with Crippen LogP contribution in [0.25, 0.3) is 0 Å². The molecule has 0 aliphatic rings. The molecule has 0 spiro atoms. The van der Waals surface area contributed by atoms with E-state index in [-0.39, 0.29) is 18.6 Å². The van der Waals surface area contributed by atoms with Gasteiger partial charge in [-0.3, -0.25) is 9.10 Å². The van der Waals surface area contributed by atoms with Gasteiger partial charge < -0.3 is 10.1 Å². The molecule has 0 fully saturated rings. The summed E-state index contributed by atoms with van der Waals surface area (Å²) >= 11 is 0. The van der Waals surface area contributed by atoms with Crippen LogP contribution in [0, 0.1) is 6.92 Å². The molecular weight excluding hydrogens is 364 g/mol. The number of nitrogens with zero attached hydrogens (tertiary/aromatic N) is 1. The Morgan fingerprint density at radius 2 is 1.85 bits per heavy atom. The number of carbonyl (C=O) groups excluding carboxylic acids is 1. The van der Waals surface area contributed by atoms with Gasteiger partial charge in [-0.25, -0.2) is 8.42 Å². The quantitative estimate of drug-likeness (QED) is 0.752. The summed E-state index contributed by atoms with van der Waals surface area (Å²) < 4.78 is 31.1. The average molecular weight is 391 g/mol. The van der Waals surface area contributed by atoms with E-state index >= 15 is 0 Å². The Labute approximate surface area is 161 Å². The zero-order valence-electron chi connectivity index (χ0n) is 16.1. The van der Waals surface area contributed by atoms with Crippen molar-refractivity contribution < 1.29 is 17.9 Å². The third-order valence-electron chi connectivity index (χ3n) is 3.83. The second-order valence-corrected chi connectivity index (χ2v) is 8.55. The summed E-state index contributed by atoms with van der Waals surface area (Å²) in [6.07, 6.45) is 1.16. The highest BCUT2D eigenvalue weighted by atomic mass is 32.2. The summed E-state index contributed by atoms with van der Waals surface area (Å²) in [7, 11) is -3.59. The van der Waals surface area contributed by atoms with Crippen LogP contribution in [0.2, 0.25) is 0 Å². The van der Waals surface area contributed by atoms with Gasteiger partial charge in [0.15, 0.2) is 0 Å². The van der Waals surface area contributed by atoms with Crippen molar-refractivity contribution in [1.29, 1.82) is 0 Å². The molecule has 2 aromatic carbocycles. The molecule has 0 aromatic heterocycles. The first-order chi connectivity index (χ1) is 12.7. The summed E-state index contributed by atoms with van der Waals surface area (Å²) in [5.74, 6) is 0.355. The molecule has 0 aliphatic heterocycles. The van der Waals surface area contributed by atoms with E-state index in [9.17, 15) is 13.2 Å². The predicted molar refractivity (Wildman–Crippen MR) is 107 cm³/mol. The second kappa shape index (κ2) is 8.90. The third-order valence-corrected chi connectivity index (χ3v) is 4.96. The predicted octanol–water partition coefficient (Wildman–Crippen LogP) is 2.86. The minimum Gasteiger partial charge on any atom is -0.491 e. The third kappa shape index (κ3) is 6.29. The standard InChI is InChI=1S/C20H26N2O4S/c1-15(2)26-18-10-7-9-17(12-18)13-21-20(23)14-22(27(4,24)25)19-11-6-5-8-16(19)3/h5-12,15H,13-14H2,1-4H3,(H,21,23). The Bertz CT molecular complexity index is 894. The normalized spacial score (nSPS) is 11.3. The monoisotopic (exact) mass is 390 g/mol. The van der Waals surface area contributed by atoms with Crippen LogP contribution in [0.1, 0.15) is 25.0 Å². The number of hydrogen-bond acceptors (Lipinski definition) is 4. The Morgan fingerprint density at radius 1 is 1.15 bits per heavy atom. The molecule has 0 saturated carbocycles. The average Bonchev–Trinajstić information content (AvgIpc) is 2.57. The van der Waals surface area contributed by atoms with Crippen LogP contribution in [0.5, 0.6) is 5.75 Å². The number of benzene rings is 2. The molecule has 2 rings (SSSR count). The SMILES string of the molecule is Cc1ccccc1N(CC(=O)NCc1cccc(OC(C)C)c1)S(C)(=O)=O. The van der Waals surface area contributed by atoms with E-state index in [0.717, 1.165) is 27.4 Å². The first-order valence-corrected chi connectivity index (χ1v) is 10.6. The maximum absolute atomic E-state index is 12.4. The number of amides is 1. The molecule has 6 nitrogen and oxygen atoms in total. The topological polar surface area (TPSA) is 75.7 Å². The molecule has 2 aromatic rings. The minimum absolute atomic E-state index is 0.0623. The fourth-order valence-corrected chi connectivity index (χ4v) is 3.53. The lowest BCUT2D eigenvalue weighted by molar-refractivity contribution is -0.119. The van der Waals surface area contributed by atoms with Crippen LogP contribution in [0.3, 0.4) is 0 Å². The van der Waals surface area contributed by atoms with Crippen molar-refractivity contribution in [3.63, 3.8) is 0 Å². The molecule has 0 heterocycles. The van der Waals surface area contributed by atoms with Crippen LogP contribution in [-0.2, 0) is 21.4 Å². The number of ether oxygens (including phenoxy) is 1. The smallest absolute Gasteiger partial charge is 0.241 e. The van der Waals surface area contributed by atoms with Crippen molar-refractivity contribution in [2.75, 3.05) is 17.1 Å². The summed E-state index contributed by atoms with van der Waals surface area (Å²) in [4.78, 5) is 12.4. The zero-order chi connectivity index (χ0) is 20.0. The molecule has 1 amide bonds. The maximum atomic E-state index is 12.4. The van der Waals surface area contributed by atoms with Gasteiger partial charge in [0.25, 0.3) is 0 Å². The van der Waals surface area contributed by atoms with E-state index in [2.05, 4.69) is 5.32 Å². The molecule has 0 radical (unpaired) electrons. The number of rotatable bonds is 8. The van der Waals surface area contributed by atoms with Crippen molar-refractivity contribution in [2.45, 2.75) is 33.4 Å². The summed E-state index contributed by atoms with van der Waals surface area (Å²) in [5, 5.41) is 2.77. The molecular formula is C20H26N2O4S. The number of aryl methyl sites for hydroxylation is 1. The summed E-state index contributed by atoms with van der Waals surface area (Å²) in [6.45, 7) is 5.72. The van der Waals surface area contributed by atoms with Crippen LogP contribution in [-0.4, -0.2) is 33.2 Å². The van der Waals surface area contributed by atoms with E-state index in [1.807, 2.05) is 57.2 Å². The van der Waals surface area contributed by atoms with Gasteiger partial charge in [-0.1, -0.05) is 30.3 Å². The Balaban J connectivity index is 2.06. The lowest BCUT2D eigenvalue weighted by Crippen LogP contribution is -2.40. The molecule has 0 unspecified atom stereocenters. The van der Waals surface area contributed by atoms with Crippen molar-refractivity contribution in [3.8, 4) is 5.75 Å². The molecule has 0 atom stereocenters. The lowest BCUT2D eigenvalue weighted by Gasteiger charge is -2.23. The molecule has 7 heteroatoms. The van der Waals surface area contributed by atoms with Crippen LogP contribution >= 0.6 is 0 Å². The number of nitrogens with one attached hydrogen (secondary N) is 1. The van der Waals surface area contributed by atoms with E-state index in [1.165, 1.54) is 0 Å². The highest BCUT2D eigenvalue weighted by molar-refractivity contribution is 7.92. The molecule has 0 saturated heterocycles. The number of carbonyl (C=O) groups is 1. The van der Waals surface area contributed by atoms with Crippen LogP contribution in [0.15, 0.2) is 48.5 Å². The number of sulfonamides is 1. The minimum atomic E-state index is -3.59. The largest absolute Gasteiger partial charge is 0.491 e. The van der Waals surface area contributed by atoms with Crippen molar-refractivity contribution >= 4 is 21.6 Å². The van der Waals surface area contributed by atoms with E-state index in [0.29, 0.717) is 12.2 Å². The van der Waals surface area contributed by atoms with Gasteiger partial charge >= 0.3 is 0 Å². The van der Waals surface area contributed by atoms with Crippen molar-refractivity contribution in [1.82, 2.24) is 5.32 Å². The lowest BCUT2D eigenvalue weighted by atomic mass is 10.2. The second-order valence-electron chi connectivity index (χ2n) is 6.65. The number of para-hydroxylation sites is 1. The van der Waals surface area contributed by atoms with Crippen molar-refractivity contribution in [2.24, 2.45) is 0 Å². The first kappa shape index (κ1) is 20.8. The van der Waals surface area contributed by atoms with Gasteiger partial charge in [0.2, 0.25) is 15.9 Å². The van der Waals surface area contributed by atoms with Gasteiger partial charge in [-0.2, -0.15) is 0 Å². The number of hydrogen-bond donors (Lipinski definition) is 1. The number of anilines is 1. The Morgan fingerprint density at radius 3 is 2.48 bits per heavy atom. The van der Waals surface area contributed by atoms with Gasteiger partial charge in [-0.05, 0) is 50.1 Å². The Hall–Kier alpha value is -2.54. The van der Waals surface area contributed by atoms with E-state index < -0.39 is 10.0 Å². The molecule has 1 N–H and O–H groups in total. The summed E-state index contributed by atoms with van der Waals surface area (Å²) in [6, 6.07) is 14.5. The highest BCUT2D eigenvalue weighted by Gasteiger charge is 2.22.